The van der Waals surface area contributed by atoms with Crippen LogP contribution in [-0.2, 0) is 0 Å². The van der Waals surface area contributed by atoms with Gasteiger partial charge in [-0.1, -0.05) is 28.1 Å². The predicted molar refractivity (Wildman–Crippen MR) is 74.1 cm³/mol. The number of rotatable bonds is 1. The van der Waals surface area contributed by atoms with E-state index in [2.05, 4.69) is 57.2 Å². The predicted octanol–water partition coefficient (Wildman–Crippen LogP) is 3.71. The molecule has 1 saturated heterocycles. The number of fused-ring (bicyclic) bond motifs is 5. The van der Waals surface area contributed by atoms with Gasteiger partial charge in [0, 0.05) is 23.2 Å². The van der Waals surface area contributed by atoms with Crippen molar-refractivity contribution in [2.24, 2.45) is 23.7 Å². The van der Waals surface area contributed by atoms with Crippen LogP contribution in [0.2, 0.25) is 0 Å². The van der Waals surface area contributed by atoms with Crippen molar-refractivity contribution in [1.29, 1.82) is 0 Å². The van der Waals surface area contributed by atoms with Crippen molar-refractivity contribution < 1.29 is 0 Å². The summed E-state index contributed by atoms with van der Waals surface area (Å²) >= 11 is 3.50. The molecule has 1 aromatic carbocycles. The third-order valence-electron chi connectivity index (χ3n) is 4.85. The third kappa shape index (κ3) is 1.50. The maximum Gasteiger partial charge on any atom is 0.0367 e. The second kappa shape index (κ2) is 3.61. The smallest absolute Gasteiger partial charge is 0.0367 e. The van der Waals surface area contributed by atoms with Crippen LogP contribution in [0.3, 0.4) is 0 Å². The summed E-state index contributed by atoms with van der Waals surface area (Å²) in [6.45, 7) is 2.52. The van der Waals surface area contributed by atoms with Crippen LogP contribution < -0.4 is 4.90 Å². The fraction of sp³-hybridized carbons (Fsp3) is 0.467. The molecule has 1 nitrogen and oxygen atoms in total. The summed E-state index contributed by atoms with van der Waals surface area (Å²) in [6.07, 6.45) is 6.37. The van der Waals surface area contributed by atoms with Crippen molar-refractivity contribution in [3.8, 4) is 0 Å². The lowest BCUT2D eigenvalue weighted by Crippen LogP contribution is -2.22. The summed E-state index contributed by atoms with van der Waals surface area (Å²) in [5.41, 5.74) is 1.39. The molecule has 17 heavy (non-hydrogen) atoms. The van der Waals surface area contributed by atoms with Crippen LogP contribution in [0.25, 0.3) is 0 Å². The quantitative estimate of drug-likeness (QED) is 0.713. The van der Waals surface area contributed by atoms with Crippen molar-refractivity contribution in [2.75, 3.05) is 18.0 Å². The highest BCUT2D eigenvalue weighted by molar-refractivity contribution is 9.10. The third-order valence-corrected chi connectivity index (χ3v) is 5.38. The maximum atomic E-state index is 3.50. The van der Waals surface area contributed by atoms with E-state index < -0.39 is 0 Å². The van der Waals surface area contributed by atoms with E-state index in [0.29, 0.717) is 0 Å². The Bertz CT molecular complexity index is 444. The van der Waals surface area contributed by atoms with Crippen LogP contribution in [0.5, 0.6) is 0 Å². The Balaban J connectivity index is 1.58. The lowest BCUT2D eigenvalue weighted by molar-refractivity contribution is 0.395. The van der Waals surface area contributed by atoms with Crippen LogP contribution in [0.4, 0.5) is 5.69 Å². The van der Waals surface area contributed by atoms with E-state index >= 15 is 0 Å². The van der Waals surface area contributed by atoms with Crippen LogP contribution in [0.15, 0.2) is 40.9 Å². The highest BCUT2D eigenvalue weighted by Gasteiger charge is 2.49. The summed E-state index contributed by atoms with van der Waals surface area (Å²) in [4.78, 5) is 2.58. The van der Waals surface area contributed by atoms with Crippen molar-refractivity contribution >= 4 is 21.6 Å². The van der Waals surface area contributed by atoms with E-state index in [4.69, 9.17) is 0 Å². The Kier molecular flexibility index (Phi) is 2.17. The van der Waals surface area contributed by atoms with E-state index in [1.807, 2.05) is 0 Å². The lowest BCUT2D eigenvalue weighted by Gasteiger charge is -2.20. The Labute approximate surface area is 111 Å². The van der Waals surface area contributed by atoms with E-state index in [-0.39, 0.29) is 0 Å². The Morgan fingerprint density at radius 3 is 2.12 bits per heavy atom. The molecule has 2 unspecified atom stereocenters. The molecule has 1 saturated carbocycles. The Hall–Kier alpha value is -0.760. The number of hydrogen-bond acceptors (Lipinski definition) is 1. The topological polar surface area (TPSA) is 3.24 Å². The standard InChI is InChI=1S/C15H16BrN/c16-12-3-5-13(6-4-12)17-8-14-10-1-2-11(7-10)15(14)9-17/h1-6,10-11,14-15H,7-9H2/t10?,11?,14-,15+. The Morgan fingerprint density at radius 2 is 1.53 bits per heavy atom. The van der Waals surface area contributed by atoms with Crippen molar-refractivity contribution in [1.82, 2.24) is 0 Å². The number of anilines is 1. The van der Waals surface area contributed by atoms with Crippen LogP contribution >= 0.6 is 15.9 Å². The molecule has 3 aliphatic rings. The first-order valence-electron chi connectivity index (χ1n) is 6.50. The van der Waals surface area contributed by atoms with Gasteiger partial charge in [-0.05, 0) is 54.4 Å². The van der Waals surface area contributed by atoms with Gasteiger partial charge in [-0.15, -0.1) is 0 Å². The normalized spacial score (nSPS) is 37.8. The summed E-state index contributed by atoms with van der Waals surface area (Å²) < 4.78 is 1.17. The SMILES string of the molecule is Brc1ccc(N2C[C@@H]3C4C=CC(C4)[C@@H]3C2)cc1. The van der Waals surface area contributed by atoms with Gasteiger partial charge in [0.25, 0.3) is 0 Å². The Morgan fingerprint density at radius 1 is 0.941 bits per heavy atom. The molecule has 1 aliphatic heterocycles. The molecule has 4 rings (SSSR count). The summed E-state index contributed by atoms with van der Waals surface area (Å²) in [6, 6.07) is 8.77. The summed E-state index contributed by atoms with van der Waals surface area (Å²) in [7, 11) is 0. The molecule has 88 valence electrons. The molecule has 0 radical (unpaired) electrons. The van der Waals surface area contributed by atoms with Crippen molar-refractivity contribution in [2.45, 2.75) is 6.42 Å². The molecule has 2 bridgehead atoms. The summed E-state index contributed by atoms with van der Waals surface area (Å²) in [5, 5.41) is 0. The van der Waals surface area contributed by atoms with Crippen LogP contribution in [0.1, 0.15) is 6.42 Å². The van der Waals surface area contributed by atoms with Crippen LogP contribution in [0, 0.1) is 23.7 Å². The fourth-order valence-electron chi connectivity index (χ4n) is 4.01. The lowest BCUT2D eigenvalue weighted by atomic mass is 9.86. The fourth-order valence-corrected chi connectivity index (χ4v) is 4.28. The van der Waals surface area contributed by atoms with Crippen molar-refractivity contribution in [3.63, 3.8) is 0 Å². The van der Waals surface area contributed by atoms with Crippen LogP contribution in [-0.4, -0.2) is 13.1 Å². The minimum atomic E-state index is 0.880. The molecule has 0 amide bonds. The maximum absolute atomic E-state index is 3.50. The van der Waals surface area contributed by atoms with E-state index in [0.717, 1.165) is 23.7 Å². The van der Waals surface area contributed by atoms with Gasteiger partial charge >= 0.3 is 0 Å². The zero-order valence-electron chi connectivity index (χ0n) is 9.72. The second-order valence-electron chi connectivity index (χ2n) is 5.66. The van der Waals surface area contributed by atoms with Gasteiger partial charge < -0.3 is 4.90 Å². The minimum Gasteiger partial charge on any atom is -0.371 e. The monoisotopic (exact) mass is 289 g/mol. The zero-order valence-corrected chi connectivity index (χ0v) is 11.3. The largest absolute Gasteiger partial charge is 0.371 e. The molecular formula is C15H16BrN. The number of allylic oxidation sites excluding steroid dienone is 2. The van der Waals surface area contributed by atoms with Gasteiger partial charge in [0.15, 0.2) is 0 Å². The highest BCUT2D eigenvalue weighted by atomic mass is 79.9. The van der Waals surface area contributed by atoms with E-state index in [1.54, 1.807) is 0 Å². The first-order chi connectivity index (χ1) is 8.31. The van der Waals surface area contributed by atoms with Gasteiger partial charge in [0.1, 0.15) is 0 Å². The van der Waals surface area contributed by atoms with Gasteiger partial charge in [-0.2, -0.15) is 0 Å². The molecular weight excluding hydrogens is 274 g/mol. The molecule has 2 heteroatoms. The number of halogens is 1. The molecule has 0 aromatic heterocycles. The average molecular weight is 290 g/mol. The molecule has 0 spiro atoms. The second-order valence-corrected chi connectivity index (χ2v) is 6.57. The van der Waals surface area contributed by atoms with E-state index in [9.17, 15) is 0 Å². The number of benzene rings is 1. The first-order valence-corrected chi connectivity index (χ1v) is 7.29. The molecule has 4 atom stereocenters. The van der Waals surface area contributed by atoms with Gasteiger partial charge in [0.05, 0.1) is 0 Å². The minimum absolute atomic E-state index is 0.880. The van der Waals surface area contributed by atoms with Gasteiger partial charge in [-0.3, -0.25) is 0 Å². The van der Waals surface area contributed by atoms with Gasteiger partial charge in [-0.25, -0.2) is 0 Å². The molecule has 2 aliphatic carbocycles. The first kappa shape index (κ1) is 10.2. The average Bonchev–Trinajstić information content (AvgIpc) is 3.02. The zero-order chi connectivity index (χ0) is 11.4. The molecule has 2 fully saturated rings. The van der Waals surface area contributed by atoms with Crippen molar-refractivity contribution in [3.05, 3.63) is 40.9 Å². The molecule has 0 N–H and O–H groups in total. The summed E-state index contributed by atoms with van der Waals surface area (Å²) in [5.74, 6) is 3.61. The van der Waals surface area contributed by atoms with E-state index in [1.165, 1.54) is 29.7 Å². The highest BCUT2D eigenvalue weighted by Crippen LogP contribution is 2.51. The number of hydrogen-bond donors (Lipinski definition) is 0. The molecule has 1 aromatic rings. The number of nitrogens with zero attached hydrogens (tertiary/aromatic N) is 1. The molecule has 1 heterocycles. The van der Waals surface area contributed by atoms with Gasteiger partial charge in [0.2, 0.25) is 0 Å².